The molecule has 0 bridgehead atoms. The third-order valence-electron chi connectivity index (χ3n) is 3.33. The van der Waals surface area contributed by atoms with Crippen LogP contribution >= 0.6 is 0 Å². The van der Waals surface area contributed by atoms with E-state index in [0.29, 0.717) is 12.5 Å². The molecule has 5 heteroatoms. The van der Waals surface area contributed by atoms with Gasteiger partial charge in [0, 0.05) is 12.6 Å². The highest BCUT2D eigenvalue weighted by Crippen LogP contribution is 2.30. The fourth-order valence-corrected chi connectivity index (χ4v) is 2.66. The van der Waals surface area contributed by atoms with Crippen molar-refractivity contribution >= 4 is 0 Å². The number of hydrogen-bond acceptors (Lipinski definition) is 2. The lowest BCUT2D eigenvalue weighted by Crippen LogP contribution is -2.54. The first-order valence-corrected chi connectivity index (χ1v) is 5.85. The second-order valence-corrected chi connectivity index (χ2v) is 4.94. The maximum Gasteiger partial charge on any atom is 0.405 e. The van der Waals surface area contributed by atoms with E-state index < -0.39 is 18.3 Å². The van der Waals surface area contributed by atoms with E-state index in [9.17, 15) is 13.2 Å². The molecular weight excluding hydrogens is 217 g/mol. The predicted molar refractivity (Wildman–Crippen MR) is 58.1 cm³/mol. The second-order valence-electron chi connectivity index (χ2n) is 4.94. The van der Waals surface area contributed by atoms with E-state index in [2.05, 4.69) is 0 Å². The summed E-state index contributed by atoms with van der Waals surface area (Å²) in [7, 11) is 1.53. The van der Waals surface area contributed by atoms with Crippen LogP contribution in [0, 0.1) is 5.92 Å². The van der Waals surface area contributed by atoms with Crippen LogP contribution in [-0.2, 0) is 0 Å². The zero-order valence-corrected chi connectivity index (χ0v) is 9.93. The van der Waals surface area contributed by atoms with Crippen molar-refractivity contribution in [3.63, 3.8) is 0 Å². The van der Waals surface area contributed by atoms with E-state index >= 15 is 0 Å². The van der Waals surface area contributed by atoms with Crippen molar-refractivity contribution in [1.82, 2.24) is 4.90 Å². The first-order chi connectivity index (χ1) is 7.32. The van der Waals surface area contributed by atoms with Crippen LogP contribution in [0.25, 0.3) is 0 Å². The average Bonchev–Trinajstić information content (AvgIpc) is 2.52. The van der Waals surface area contributed by atoms with Crippen molar-refractivity contribution in [2.45, 2.75) is 50.9 Å². The van der Waals surface area contributed by atoms with E-state index in [-0.39, 0.29) is 0 Å². The van der Waals surface area contributed by atoms with Crippen molar-refractivity contribution < 1.29 is 13.2 Å². The summed E-state index contributed by atoms with van der Waals surface area (Å²) >= 11 is 0. The number of halogens is 3. The molecule has 2 atom stereocenters. The second kappa shape index (κ2) is 5.36. The van der Waals surface area contributed by atoms with E-state index in [1.807, 2.05) is 0 Å². The molecule has 0 saturated heterocycles. The molecule has 0 aromatic carbocycles. The molecule has 1 aliphatic rings. The summed E-state index contributed by atoms with van der Waals surface area (Å²) in [5.41, 5.74) is 5.44. The summed E-state index contributed by atoms with van der Waals surface area (Å²) in [4.78, 5) is 1.38. The topological polar surface area (TPSA) is 29.3 Å². The number of alkyl halides is 3. The summed E-state index contributed by atoms with van der Waals surface area (Å²) in [5.74, 6) is 0.411. The van der Waals surface area contributed by atoms with Gasteiger partial charge in [-0.3, -0.25) is 4.90 Å². The Labute approximate surface area is 95.0 Å². The lowest BCUT2D eigenvalue weighted by atomic mass is 10.0. The minimum Gasteiger partial charge on any atom is -0.326 e. The van der Waals surface area contributed by atoms with Crippen molar-refractivity contribution in [3.8, 4) is 0 Å². The third-order valence-corrected chi connectivity index (χ3v) is 3.33. The lowest BCUT2D eigenvalue weighted by molar-refractivity contribution is -0.185. The molecule has 0 aromatic heterocycles. The molecule has 2 unspecified atom stereocenters. The number of likely N-dealkylation sites (N-methyl/N-ethyl adjacent to an activating group) is 1. The molecular formula is C11H21F3N2. The van der Waals surface area contributed by atoms with Gasteiger partial charge in [-0.05, 0) is 32.7 Å². The molecule has 1 aliphatic carbocycles. The zero-order chi connectivity index (χ0) is 12.3. The number of nitrogens with two attached hydrogens (primary N) is 1. The third kappa shape index (κ3) is 3.63. The van der Waals surface area contributed by atoms with E-state index in [4.69, 9.17) is 5.73 Å². The van der Waals surface area contributed by atoms with Crippen molar-refractivity contribution in [1.29, 1.82) is 0 Å². The van der Waals surface area contributed by atoms with Gasteiger partial charge in [0.15, 0.2) is 0 Å². The van der Waals surface area contributed by atoms with Crippen LogP contribution in [-0.4, -0.2) is 36.8 Å². The summed E-state index contributed by atoms with van der Waals surface area (Å²) in [6, 6.07) is -2.40. The standard InChI is InChI=1S/C11H21F3N2/c1-8(15)10(11(12,13)14)16(2)7-9-5-3-4-6-9/h8-10H,3-7,15H2,1-2H3. The number of hydrogen-bond donors (Lipinski definition) is 1. The molecule has 1 rings (SSSR count). The smallest absolute Gasteiger partial charge is 0.326 e. The van der Waals surface area contributed by atoms with Gasteiger partial charge < -0.3 is 5.73 Å². The largest absolute Gasteiger partial charge is 0.405 e. The molecule has 2 N–H and O–H groups in total. The summed E-state index contributed by atoms with van der Waals surface area (Å²) in [5, 5.41) is 0. The van der Waals surface area contributed by atoms with Crippen LogP contribution in [0.4, 0.5) is 13.2 Å². The van der Waals surface area contributed by atoms with Gasteiger partial charge in [0.1, 0.15) is 6.04 Å². The van der Waals surface area contributed by atoms with Gasteiger partial charge in [-0.1, -0.05) is 12.8 Å². The fourth-order valence-electron chi connectivity index (χ4n) is 2.66. The van der Waals surface area contributed by atoms with Crippen LogP contribution in [0.15, 0.2) is 0 Å². The fraction of sp³-hybridized carbons (Fsp3) is 1.00. The van der Waals surface area contributed by atoms with Gasteiger partial charge in [0.05, 0.1) is 0 Å². The first kappa shape index (κ1) is 13.8. The lowest BCUT2D eigenvalue weighted by Gasteiger charge is -2.34. The van der Waals surface area contributed by atoms with Crippen LogP contribution in [0.5, 0.6) is 0 Å². The van der Waals surface area contributed by atoms with E-state index in [0.717, 1.165) is 25.7 Å². The number of rotatable bonds is 4. The van der Waals surface area contributed by atoms with Gasteiger partial charge in [-0.15, -0.1) is 0 Å². The van der Waals surface area contributed by atoms with Crippen molar-refractivity contribution in [3.05, 3.63) is 0 Å². The average molecular weight is 238 g/mol. The Kier molecular flexibility index (Phi) is 4.62. The first-order valence-electron chi connectivity index (χ1n) is 5.85. The maximum absolute atomic E-state index is 12.8. The Morgan fingerprint density at radius 1 is 1.31 bits per heavy atom. The van der Waals surface area contributed by atoms with Gasteiger partial charge >= 0.3 is 6.18 Å². The maximum atomic E-state index is 12.8. The molecule has 0 amide bonds. The summed E-state index contributed by atoms with van der Waals surface area (Å²) in [6.07, 6.45) is 0.157. The molecule has 1 fully saturated rings. The highest BCUT2D eigenvalue weighted by atomic mass is 19.4. The molecule has 0 spiro atoms. The van der Waals surface area contributed by atoms with Crippen molar-refractivity contribution in [2.75, 3.05) is 13.6 Å². The van der Waals surface area contributed by atoms with Gasteiger partial charge in [-0.25, -0.2) is 0 Å². The summed E-state index contributed by atoms with van der Waals surface area (Å²) < 4.78 is 38.3. The Balaban J connectivity index is 2.56. The van der Waals surface area contributed by atoms with E-state index in [1.165, 1.54) is 18.9 Å². The van der Waals surface area contributed by atoms with Gasteiger partial charge in [-0.2, -0.15) is 13.2 Å². The van der Waals surface area contributed by atoms with Crippen molar-refractivity contribution in [2.24, 2.45) is 11.7 Å². The highest BCUT2D eigenvalue weighted by Gasteiger charge is 2.44. The summed E-state index contributed by atoms with van der Waals surface area (Å²) in [6.45, 7) is 1.93. The molecule has 2 nitrogen and oxygen atoms in total. The van der Waals surface area contributed by atoms with Crippen LogP contribution in [0.2, 0.25) is 0 Å². The Bertz CT molecular complexity index is 210. The van der Waals surface area contributed by atoms with Gasteiger partial charge in [0.25, 0.3) is 0 Å². The molecule has 1 saturated carbocycles. The molecule has 96 valence electrons. The normalized spacial score (nSPS) is 22.7. The quantitative estimate of drug-likeness (QED) is 0.814. The Morgan fingerprint density at radius 3 is 2.19 bits per heavy atom. The van der Waals surface area contributed by atoms with Gasteiger partial charge in [0.2, 0.25) is 0 Å². The van der Waals surface area contributed by atoms with Crippen LogP contribution in [0.3, 0.4) is 0 Å². The molecule has 0 aromatic rings. The minimum absolute atomic E-state index is 0.411. The molecule has 0 heterocycles. The SMILES string of the molecule is CC(N)C(N(C)CC1CCCC1)C(F)(F)F. The van der Waals surface area contributed by atoms with Crippen LogP contribution < -0.4 is 5.73 Å². The number of nitrogens with zero attached hydrogens (tertiary/aromatic N) is 1. The molecule has 0 aliphatic heterocycles. The molecule has 16 heavy (non-hydrogen) atoms. The monoisotopic (exact) mass is 238 g/mol. The Hall–Kier alpha value is -0.290. The van der Waals surface area contributed by atoms with E-state index in [1.54, 1.807) is 0 Å². The molecule has 0 radical (unpaired) electrons. The minimum atomic E-state index is -4.23. The van der Waals surface area contributed by atoms with Crippen LogP contribution in [0.1, 0.15) is 32.6 Å². The predicted octanol–water partition coefficient (Wildman–Crippen LogP) is 2.39. The highest BCUT2D eigenvalue weighted by molar-refractivity contribution is 4.85. The Morgan fingerprint density at radius 2 is 1.81 bits per heavy atom. The zero-order valence-electron chi connectivity index (χ0n) is 9.93.